The maximum absolute atomic E-state index is 13.2. The molecule has 0 fully saturated rings. The highest BCUT2D eigenvalue weighted by molar-refractivity contribution is 5.61. The average Bonchev–Trinajstić information content (AvgIpc) is 3.16. The highest BCUT2D eigenvalue weighted by atomic mass is 19.1. The minimum Gasteiger partial charge on any atom is -0.493 e. The molecule has 0 bridgehead atoms. The van der Waals surface area contributed by atoms with Crippen molar-refractivity contribution in [2.75, 3.05) is 14.2 Å². The molecule has 142 valence electrons. The summed E-state index contributed by atoms with van der Waals surface area (Å²) < 4.78 is 25.5. The molecule has 0 saturated heterocycles. The van der Waals surface area contributed by atoms with Crippen molar-refractivity contribution in [1.82, 2.24) is 19.6 Å². The summed E-state index contributed by atoms with van der Waals surface area (Å²) in [5.41, 5.74) is 2.77. The van der Waals surface area contributed by atoms with E-state index in [4.69, 9.17) is 9.47 Å². The Morgan fingerprint density at radius 1 is 0.929 bits per heavy atom. The van der Waals surface area contributed by atoms with E-state index in [0.717, 1.165) is 23.2 Å². The highest BCUT2D eigenvalue weighted by Gasteiger charge is 2.11. The van der Waals surface area contributed by atoms with Crippen molar-refractivity contribution in [1.29, 1.82) is 0 Å². The Bertz CT molecular complexity index is 1110. The molecule has 6 nitrogen and oxygen atoms in total. The van der Waals surface area contributed by atoms with Crippen LogP contribution in [0.3, 0.4) is 0 Å². The second-order valence-electron chi connectivity index (χ2n) is 6.27. The van der Waals surface area contributed by atoms with E-state index in [0.29, 0.717) is 29.5 Å². The van der Waals surface area contributed by atoms with Crippen molar-refractivity contribution >= 4 is 5.78 Å². The van der Waals surface area contributed by atoms with Crippen LogP contribution >= 0.6 is 0 Å². The van der Waals surface area contributed by atoms with Gasteiger partial charge in [0.2, 0.25) is 0 Å². The van der Waals surface area contributed by atoms with E-state index in [1.165, 1.54) is 12.1 Å². The number of nitrogens with zero attached hydrogens (tertiary/aromatic N) is 4. The lowest BCUT2D eigenvalue weighted by Gasteiger charge is -2.08. The topological polar surface area (TPSA) is 61.5 Å². The molecule has 0 amide bonds. The van der Waals surface area contributed by atoms with Gasteiger partial charge in [-0.2, -0.15) is 9.50 Å². The van der Waals surface area contributed by atoms with Crippen LogP contribution in [0, 0.1) is 5.82 Å². The molecule has 0 N–H and O–H groups in total. The molecule has 0 aliphatic heterocycles. The lowest BCUT2D eigenvalue weighted by atomic mass is 10.1. The van der Waals surface area contributed by atoms with Crippen molar-refractivity contribution in [3.63, 3.8) is 0 Å². The third kappa shape index (κ3) is 3.51. The van der Waals surface area contributed by atoms with Crippen LogP contribution in [0.1, 0.15) is 11.4 Å². The van der Waals surface area contributed by atoms with Gasteiger partial charge in [0.1, 0.15) is 5.82 Å². The van der Waals surface area contributed by atoms with E-state index in [1.807, 2.05) is 24.3 Å². The molecule has 0 spiro atoms. The number of hydrogen-bond acceptors (Lipinski definition) is 5. The molecule has 0 aliphatic carbocycles. The number of ether oxygens (including phenoxy) is 2. The Morgan fingerprint density at radius 3 is 2.46 bits per heavy atom. The Labute approximate surface area is 161 Å². The number of aryl methyl sites for hydroxylation is 2. The summed E-state index contributed by atoms with van der Waals surface area (Å²) in [4.78, 5) is 8.81. The summed E-state index contributed by atoms with van der Waals surface area (Å²) in [6.45, 7) is 0. The first-order valence-corrected chi connectivity index (χ1v) is 8.85. The monoisotopic (exact) mass is 378 g/mol. The fourth-order valence-electron chi connectivity index (χ4n) is 3.07. The van der Waals surface area contributed by atoms with E-state index in [9.17, 15) is 4.39 Å². The van der Waals surface area contributed by atoms with E-state index in [-0.39, 0.29) is 5.82 Å². The van der Waals surface area contributed by atoms with Gasteiger partial charge in [-0.25, -0.2) is 9.37 Å². The summed E-state index contributed by atoms with van der Waals surface area (Å²) in [5, 5.41) is 4.60. The fraction of sp³-hybridized carbons (Fsp3) is 0.190. The lowest BCUT2D eigenvalue weighted by Crippen LogP contribution is -1.98. The van der Waals surface area contributed by atoms with Crippen molar-refractivity contribution in [2.45, 2.75) is 12.8 Å². The summed E-state index contributed by atoms with van der Waals surface area (Å²) in [7, 11) is 3.23. The first-order chi connectivity index (χ1) is 13.7. The van der Waals surface area contributed by atoms with Gasteiger partial charge in [0.25, 0.3) is 5.78 Å². The van der Waals surface area contributed by atoms with Gasteiger partial charge in [0.15, 0.2) is 17.3 Å². The van der Waals surface area contributed by atoms with Gasteiger partial charge in [0.05, 0.1) is 19.9 Å². The maximum atomic E-state index is 13.2. The Morgan fingerprint density at radius 2 is 1.71 bits per heavy atom. The van der Waals surface area contributed by atoms with E-state index >= 15 is 0 Å². The summed E-state index contributed by atoms with van der Waals surface area (Å²) in [5.74, 6) is 2.33. The molecule has 28 heavy (non-hydrogen) atoms. The van der Waals surface area contributed by atoms with Gasteiger partial charge < -0.3 is 9.47 Å². The average molecular weight is 378 g/mol. The van der Waals surface area contributed by atoms with Gasteiger partial charge >= 0.3 is 0 Å². The molecule has 0 radical (unpaired) electrons. The minimum absolute atomic E-state index is 0.275. The van der Waals surface area contributed by atoms with Crippen LogP contribution in [-0.4, -0.2) is 33.8 Å². The zero-order valence-corrected chi connectivity index (χ0v) is 15.6. The molecule has 7 heteroatoms. The first-order valence-electron chi connectivity index (χ1n) is 8.85. The van der Waals surface area contributed by atoms with Gasteiger partial charge in [-0.1, -0.05) is 6.07 Å². The highest BCUT2D eigenvalue weighted by Crippen LogP contribution is 2.28. The van der Waals surface area contributed by atoms with Crippen molar-refractivity contribution < 1.29 is 13.9 Å². The molecule has 4 aromatic rings. The molecule has 4 rings (SSSR count). The van der Waals surface area contributed by atoms with Crippen LogP contribution in [0.5, 0.6) is 11.5 Å². The van der Waals surface area contributed by atoms with E-state index < -0.39 is 0 Å². The van der Waals surface area contributed by atoms with Gasteiger partial charge in [0, 0.05) is 18.2 Å². The first kappa shape index (κ1) is 17.9. The van der Waals surface area contributed by atoms with Crippen molar-refractivity contribution in [3.8, 4) is 22.8 Å². The molecule has 2 aromatic heterocycles. The van der Waals surface area contributed by atoms with Crippen LogP contribution < -0.4 is 9.47 Å². The second-order valence-corrected chi connectivity index (χ2v) is 6.27. The second kappa shape index (κ2) is 7.64. The predicted octanol–water partition coefficient (Wildman–Crippen LogP) is 3.73. The number of methoxy groups -OCH3 is 2. The molecule has 0 atom stereocenters. The van der Waals surface area contributed by atoms with Crippen molar-refractivity contribution in [3.05, 3.63) is 71.9 Å². The van der Waals surface area contributed by atoms with Gasteiger partial charge in [-0.3, -0.25) is 0 Å². The molecule has 2 heterocycles. The number of hydrogen-bond donors (Lipinski definition) is 0. The normalized spacial score (nSPS) is 11.0. The fourth-order valence-corrected chi connectivity index (χ4v) is 3.07. The smallest absolute Gasteiger partial charge is 0.252 e. The zero-order chi connectivity index (χ0) is 19.5. The van der Waals surface area contributed by atoms with Gasteiger partial charge in [-0.15, -0.1) is 5.10 Å². The molecule has 0 aliphatic rings. The largest absolute Gasteiger partial charge is 0.493 e. The van der Waals surface area contributed by atoms with Crippen molar-refractivity contribution in [2.24, 2.45) is 0 Å². The number of halogens is 1. The van der Waals surface area contributed by atoms with E-state index in [1.54, 1.807) is 37.1 Å². The van der Waals surface area contributed by atoms with Gasteiger partial charge in [-0.05, 0) is 54.4 Å². The Balaban J connectivity index is 1.59. The molecule has 0 unspecified atom stereocenters. The van der Waals surface area contributed by atoms with E-state index in [2.05, 4.69) is 15.1 Å². The quantitative estimate of drug-likeness (QED) is 0.512. The molecule has 2 aromatic carbocycles. The number of benzene rings is 2. The molecule has 0 saturated carbocycles. The summed E-state index contributed by atoms with van der Waals surface area (Å²) in [6, 6.07) is 14.0. The molecular formula is C21H19FN4O2. The van der Waals surface area contributed by atoms with Crippen LogP contribution in [0.2, 0.25) is 0 Å². The lowest BCUT2D eigenvalue weighted by molar-refractivity contribution is 0.354. The third-order valence-electron chi connectivity index (χ3n) is 4.51. The van der Waals surface area contributed by atoms with Crippen LogP contribution in [0.25, 0.3) is 17.0 Å². The summed E-state index contributed by atoms with van der Waals surface area (Å²) >= 11 is 0. The Kier molecular flexibility index (Phi) is 4.89. The standard InChI is InChI=1S/C21H19FN4O2/c1-27-18-9-3-14(13-19(18)28-2)4-10-20-24-21-23-12-11-17(26(21)25-20)15-5-7-16(22)8-6-15/h3,5-9,11-13H,4,10H2,1-2H3. The van der Waals surface area contributed by atoms with Crippen LogP contribution in [0.4, 0.5) is 4.39 Å². The third-order valence-corrected chi connectivity index (χ3v) is 4.51. The molecular weight excluding hydrogens is 359 g/mol. The summed E-state index contributed by atoms with van der Waals surface area (Å²) in [6.07, 6.45) is 3.09. The SMILES string of the molecule is COc1ccc(CCc2nc3nccc(-c4ccc(F)cc4)n3n2)cc1OC. The maximum Gasteiger partial charge on any atom is 0.252 e. The van der Waals surface area contributed by atoms with Crippen LogP contribution in [0.15, 0.2) is 54.7 Å². The predicted molar refractivity (Wildman–Crippen MR) is 103 cm³/mol. The Hall–Kier alpha value is -3.48. The number of aromatic nitrogens is 4. The van der Waals surface area contributed by atoms with Crippen LogP contribution in [-0.2, 0) is 12.8 Å². The number of fused-ring (bicyclic) bond motifs is 1. The number of rotatable bonds is 6. The minimum atomic E-state index is -0.275. The zero-order valence-electron chi connectivity index (χ0n) is 15.6.